The number of rotatable bonds is 9. The number of aliphatic imine (C=N–C) groups is 1. The second-order valence-corrected chi connectivity index (χ2v) is 7.97. The van der Waals surface area contributed by atoms with Crippen molar-refractivity contribution in [1.82, 2.24) is 20.9 Å². The van der Waals surface area contributed by atoms with Crippen LogP contribution in [0.4, 0.5) is 8.78 Å². The highest BCUT2D eigenvalue weighted by molar-refractivity contribution is 6.09. The van der Waals surface area contributed by atoms with Crippen LogP contribution in [0, 0.1) is 11.6 Å². The Bertz CT molecular complexity index is 934. The van der Waals surface area contributed by atoms with E-state index in [1.807, 2.05) is 12.3 Å². The first-order valence-corrected chi connectivity index (χ1v) is 10.8. The topological polar surface area (TPSA) is 51.7 Å². The summed E-state index contributed by atoms with van der Waals surface area (Å²) >= 11 is 0. The molecule has 1 fully saturated rings. The zero-order chi connectivity index (χ0) is 21.6. The van der Waals surface area contributed by atoms with E-state index in [0.29, 0.717) is 24.6 Å². The lowest BCUT2D eigenvalue weighted by molar-refractivity contribution is 0.145. The minimum Gasteiger partial charge on any atom is -0.358 e. The molecular formula is C24H29F2N5. The van der Waals surface area contributed by atoms with E-state index in [1.54, 1.807) is 0 Å². The normalized spacial score (nSPS) is 18.6. The summed E-state index contributed by atoms with van der Waals surface area (Å²) in [5.41, 5.74) is 3.88. The molecule has 5 nitrogen and oxygen atoms in total. The average molecular weight is 426 g/mol. The summed E-state index contributed by atoms with van der Waals surface area (Å²) < 4.78 is 26.7. The monoisotopic (exact) mass is 425 g/mol. The molecule has 0 bridgehead atoms. The van der Waals surface area contributed by atoms with Gasteiger partial charge >= 0.3 is 0 Å². The fourth-order valence-corrected chi connectivity index (χ4v) is 3.92. The molecule has 0 saturated carbocycles. The van der Waals surface area contributed by atoms with Crippen molar-refractivity contribution in [2.24, 2.45) is 4.99 Å². The Kier molecular flexibility index (Phi) is 7.06. The molecule has 0 spiro atoms. The van der Waals surface area contributed by atoms with Crippen molar-refractivity contribution < 1.29 is 8.78 Å². The summed E-state index contributed by atoms with van der Waals surface area (Å²) in [5, 5.41) is 9.80. The van der Waals surface area contributed by atoms with Crippen LogP contribution in [0.1, 0.15) is 23.6 Å². The molecule has 2 aromatic rings. The van der Waals surface area contributed by atoms with Gasteiger partial charge in [-0.1, -0.05) is 25.1 Å². The standard InChI is InChI=1S/C24H29F2N5/c1-2-31(22-14-27-15-22)16-18-4-3-5-19(10-18)23-7-9-29-24(30-23)28-8-6-17-11-20(25)13-21(26)12-17/h3-5,7,9-13,22,24,27-29H,2,6,8,14-16H2,1H3. The van der Waals surface area contributed by atoms with E-state index >= 15 is 0 Å². The molecule has 0 amide bonds. The summed E-state index contributed by atoms with van der Waals surface area (Å²) in [5.74, 6) is -1.10. The second kappa shape index (κ2) is 10.1. The summed E-state index contributed by atoms with van der Waals surface area (Å²) in [6.45, 7) is 6.83. The van der Waals surface area contributed by atoms with Crippen LogP contribution in [0.3, 0.4) is 0 Å². The predicted molar refractivity (Wildman–Crippen MR) is 120 cm³/mol. The molecular weight excluding hydrogens is 396 g/mol. The molecule has 31 heavy (non-hydrogen) atoms. The van der Waals surface area contributed by atoms with Crippen LogP contribution in [-0.2, 0) is 13.0 Å². The smallest absolute Gasteiger partial charge is 0.174 e. The van der Waals surface area contributed by atoms with E-state index < -0.39 is 11.6 Å². The molecule has 2 heterocycles. The Hall–Kier alpha value is -2.61. The minimum atomic E-state index is -0.552. The number of halogens is 2. The fourth-order valence-electron chi connectivity index (χ4n) is 3.92. The summed E-state index contributed by atoms with van der Waals surface area (Å²) in [4.78, 5) is 7.25. The third kappa shape index (κ3) is 5.76. The number of nitrogens with one attached hydrogen (secondary N) is 3. The lowest BCUT2D eigenvalue weighted by Crippen LogP contribution is -2.56. The molecule has 4 rings (SSSR count). The summed E-state index contributed by atoms with van der Waals surface area (Å²) in [6, 6.07) is 12.7. The number of likely N-dealkylation sites (N-methyl/N-ethyl adjacent to an activating group) is 1. The molecule has 1 unspecified atom stereocenters. The van der Waals surface area contributed by atoms with Crippen molar-refractivity contribution in [2.75, 3.05) is 26.2 Å². The lowest BCUT2D eigenvalue weighted by Gasteiger charge is -2.37. The third-order valence-corrected chi connectivity index (χ3v) is 5.73. The van der Waals surface area contributed by atoms with Crippen molar-refractivity contribution in [3.8, 4) is 0 Å². The van der Waals surface area contributed by atoms with E-state index in [9.17, 15) is 8.78 Å². The maximum absolute atomic E-state index is 13.3. The van der Waals surface area contributed by atoms with Crippen molar-refractivity contribution >= 4 is 5.71 Å². The SMILES string of the molecule is CCN(Cc1cccc(C2=NC(NCCc3cc(F)cc(F)c3)NC=C2)c1)C1CNC1. The van der Waals surface area contributed by atoms with Crippen molar-refractivity contribution in [3.63, 3.8) is 0 Å². The zero-order valence-electron chi connectivity index (χ0n) is 17.7. The first kappa shape index (κ1) is 21.6. The van der Waals surface area contributed by atoms with Crippen LogP contribution in [0.5, 0.6) is 0 Å². The van der Waals surface area contributed by atoms with E-state index in [0.717, 1.165) is 43.5 Å². The van der Waals surface area contributed by atoms with Gasteiger partial charge in [-0.3, -0.25) is 10.2 Å². The highest BCUT2D eigenvalue weighted by Crippen LogP contribution is 2.15. The van der Waals surface area contributed by atoms with Crippen molar-refractivity contribution in [1.29, 1.82) is 0 Å². The van der Waals surface area contributed by atoms with Gasteiger partial charge in [0.25, 0.3) is 0 Å². The molecule has 2 aliphatic rings. The molecule has 164 valence electrons. The number of nitrogens with zero attached hydrogens (tertiary/aromatic N) is 2. The Morgan fingerprint density at radius 2 is 1.90 bits per heavy atom. The van der Waals surface area contributed by atoms with Crippen LogP contribution in [0.2, 0.25) is 0 Å². The van der Waals surface area contributed by atoms with Gasteiger partial charge in [-0.2, -0.15) is 0 Å². The summed E-state index contributed by atoms with van der Waals surface area (Å²) in [6.07, 6.45) is 4.08. The molecule has 0 radical (unpaired) electrons. The van der Waals surface area contributed by atoms with Crippen molar-refractivity contribution in [3.05, 3.63) is 83.1 Å². The summed E-state index contributed by atoms with van der Waals surface area (Å²) in [7, 11) is 0. The molecule has 0 aromatic heterocycles. The van der Waals surface area contributed by atoms with Gasteiger partial charge in [0, 0.05) is 50.1 Å². The van der Waals surface area contributed by atoms with Crippen LogP contribution in [0.25, 0.3) is 0 Å². The van der Waals surface area contributed by atoms with Crippen LogP contribution >= 0.6 is 0 Å². The lowest BCUT2D eigenvalue weighted by atomic mass is 10.0. The van der Waals surface area contributed by atoms with Crippen LogP contribution < -0.4 is 16.0 Å². The van der Waals surface area contributed by atoms with E-state index in [-0.39, 0.29) is 6.29 Å². The first-order valence-electron chi connectivity index (χ1n) is 10.8. The van der Waals surface area contributed by atoms with E-state index in [1.165, 1.54) is 17.7 Å². The molecule has 7 heteroatoms. The number of benzene rings is 2. The quantitative estimate of drug-likeness (QED) is 0.578. The predicted octanol–water partition coefficient (Wildman–Crippen LogP) is 2.78. The zero-order valence-corrected chi connectivity index (χ0v) is 17.7. The number of hydrogen-bond acceptors (Lipinski definition) is 5. The molecule has 1 atom stereocenters. The highest BCUT2D eigenvalue weighted by atomic mass is 19.1. The second-order valence-electron chi connectivity index (χ2n) is 7.97. The first-order chi connectivity index (χ1) is 15.1. The Balaban J connectivity index is 1.37. The third-order valence-electron chi connectivity index (χ3n) is 5.73. The van der Waals surface area contributed by atoms with Gasteiger partial charge in [0.1, 0.15) is 11.6 Å². The van der Waals surface area contributed by atoms with Gasteiger partial charge in [-0.15, -0.1) is 0 Å². The molecule has 0 aliphatic carbocycles. The van der Waals surface area contributed by atoms with Gasteiger partial charge in [0.15, 0.2) is 6.29 Å². The molecule has 3 N–H and O–H groups in total. The van der Waals surface area contributed by atoms with Gasteiger partial charge in [-0.05, 0) is 48.4 Å². The molecule has 2 aromatic carbocycles. The van der Waals surface area contributed by atoms with Gasteiger partial charge in [0.05, 0.1) is 5.71 Å². The van der Waals surface area contributed by atoms with Crippen molar-refractivity contribution in [2.45, 2.75) is 32.2 Å². The maximum Gasteiger partial charge on any atom is 0.174 e. The minimum absolute atomic E-state index is 0.282. The fraction of sp³-hybridized carbons (Fsp3) is 0.375. The van der Waals surface area contributed by atoms with Gasteiger partial charge < -0.3 is 10.6 Å². The molecule has 1 saturated heterocycles. The highest BCUT2D eigenvalue weighted by Gasteiger charge is 2.23. The number of allylic oxidation sites excluding steroid dienone is 1. The van der Waals surface area contributed by atoms with E-state index in [2.05, 4.69) is 52.0 Å². The Morgan fingerprint density at radius 1 is 1.10 bits per heavy atom. The van der Waals surface area contributed by atoms with Gasteiger partial charge in [-0.25, -0.2) is 13.8 Å². The van der Waals surface area contributed by atoms with Crippen LogP contribution in [0.15, 0.2) is 59.7 Å². The maximum atomic E-state index is 13.3. The average Bonchev–Trinajstić information content (AvgIpc) is 2.72. The van der Waals surface area contributed by atoms with Crippen LogP contribution in [-0.4, -0.2) is 49.1 Å². The van der Waals surface area contributed by atoms with E-state index in [4.69, 9.17) is 4.99 Å². The number of hydrogen-bond donors (Lipinski definition) is 3. The Labute approximate surface area is 182 Å². The molecule has 2 aliphatic heterocycles. The van der Waals surface area contributed by atoms with Gasteiger partial charge in [0.2, 0.25) is 0 Å². The Morgan fingerprint density at radius 3 is 2.61 bits per heavy atom. The largest absolute Gasteiger partial charge is 0.358 e.